The van der Waals surface area contributed by atoms with Crippen LogP contribution in [0, 0.1) is 0 Å². The van der Waals surface area contributed by atoms with Crippen molar-refractivity contribution in [1.29, 1.82) is 0 Å². The van der Waals surface area contributed by atoms with Crippen LogP contribution in [-0.4, -0.2) is 17.1 Å². The summed E-state index contributed by atoms with van der Waals surface area (Å²) in [5.41, 5.74) is 6.33. The van der Waals surface area contributed by atoms with Crippen molar-refractivity contribution in [1.82, 2.24) is 4.57 Å². The van der Waals surface area contributed by atoms with Crippen molar-refractivity contribution in [3.63, 3.8) is 0 Å². The number of hydrogen-bond acceptors (Lipinski definition) is 0. The maximum Gasteiger partial charge on any atom is 0.0547 e. The Kier molecular flexibility index (Phi) is 4.43. The minimum Gasteiger partial charge on any atom is -0.309 e. The molecule has 0 unspecified atom stereocenters. The first-order chi connectivity index (χ1) is 16.1. The van der Waals surface area contributed by atoms with E-state index in [2.05, 4.69) is 122 Å². The number of para-hydroxylation sites is 2. The van der Waals surface area contributed by atoms with E-state index >= 15 is 0 Å². The van der Waals surface area contributed by atoms with Gasteiger partial charge in [0.2, 0.25) is 0 Å². The fraction of sp³-hybridized carbons (Fsp3) is 0.0968. The van der Waals surface area contributed by atoms with E-state index in [-0.39, 0.29) is 0 Å². The number of rotatable bonds is 3. The maximum absolute atomic E-state index is 4.17. The predicted octanol–water partition coefficient (Wildman–Crippen LogP) is 8.85. The van der Waals surface area contributed by atoms with Crippen LogP contribution in [0.5, 0.6) is 0 Å². The Hall–Kier alpha value is -3.49. The summed E-state index contributed by atoms with van der Waals surface area (Å²) in [4.78, 5) is 2.90. The Morgan fingerprint density at radius 2 is 1.55 bits per heavy atom. The van der Waals surface area contributed by atoms with Crippen LogP contribution in [0.4, 0.5) is 0 Å². The summed E-state index contributed by atoms with van der Waals surface area (Å²) in [6.07, 6.45) is 11.3. The molecule has 5 aromatic rings. The van der Waals surface area contributed by atoms with Gasteiger partial charge < -0.3 is 4.57 Å². The Morgan fingerprint density at radius 3 is 2.30 bits per heavy atom. The van der Waals surface area contributed by atoms with Crippen LogP contribution in [-0.2, 0) is 0 Å². The molecule has 0 amide bonds. The molecule has 1 aromatic heterocycles. The number of hydrogen-bond donors (Lipinski definition) is 0. The first kappa shape index (κ1) is 20.1. The molecular formula is C31H27NS. The van der Waals surface area contributed by atoms with Gasteiger partial charge in [-0.3, -0.25) is 0 Å². The fourth-order valence-electron chi connectivity index (χ4n) is 5.52. The molecule has 1 aliphatic heterocycles. The van der Waals surface area contributed by atoms with E-state index in [1.807, 2.05) is 6.08 Å². The topological polar surface area (TPSA) is 4.93 Å². The number of allylic oxidation sites excluding steroid dienone is 4. The smallest absolute Gasteiger partial charge is 0.0547 e. The van der Waals surface area contributed by atoms with Crippen LogP contribution in [0.25, 0.3) is 43.8 Å². The first-order valence-corrected chi connectivity index (χ1v) is 13.8. The third-order valence-electron chi connectivity index (χ3n) is 6.91. The fourth-order valence-corrected chi connectivity index (χ4v) is 8.41. The SMILES string of the molecule is C=CC1=C(/C=C\C)S(C)(C)c2c1ccc1cc3c4ccccc4n(-c4ccccc4)c3cc21. The highest BCUT2D eigenvalue weighted by atomic mass is 32.3. The van der Waals surface area contributed by atoms with Crippen molar-refractivity contribution in [2.75, 3.05) is 12.5 Å². The van der Waals surface area contributed by atoms with Gasteiger partial charge in [-0.25, -0.2) is 0 Å². The Labute approximate surface area is 196 Å². The van der Waals surface area contributed by atoms with Crippen LogP contribution in [0.1, 0.15) is 12.5 Å². The van der Waals surface area contributed by atoms with Crippen molar-refractivity contribution < 1.29 is 0 Å². The Morgan fingerprint density at radius 1 is 0.788 bits per heavy atom. The maximum atomic E-state index is 4.17. The molecule has 1 aliphatic rings. The molecule has 0 saturated heterocycles. The van der Waals surface area contributed by atoms with Crippen LogP contribution < -0.4 is 0 Å². The quantitative estimate of drug-likeness (QED) is 0.261. The van der Waals surface area contributed by atoms with Gasteiger partial charge in [0.1, 0.15) is 0 Å². The minimum absolute atomic E-state index is 1.16. The van der Waals surface area contributed by atoms with Gasteiger partial charge in [0.15, 0.2) is 0 Å². The van der Waals surface area contributed by atoms with Gasteiger partial charge >= 0.3 is 0 Å². The van der Waals surface area contributed by atoms with Crippen LogP contribution >= 0.6 is 10.0 Å². The molecule has 0 aliphatic carbocycles. The highest BCUT2D eigenvalue weighted by molar-refractivity contribution is 8.36. The van der Waals surface area contributed by atoms with Gasteiger partial charge in [0.05, 0.1) is 11.0 Å². The van der Waals surface area contributed by atoms with Crippen molar-refractivity contribution in [3.8, 4) is 5.69 Å². The average Bonchev–Trinajstić information content (AvgIpc) is 3.27. The summed E-state index contributed by atoms with van der Waals surface area (Å²) >= 11 is 0. The van der Waals surface area contributed by atoms with E-state index in [1.165, 1.54) is 59.2 Å². The average molecular weight is 446 g/mol. The van der Waals surface area contributed by atoms with Crippen molar-refractivity contribution in [3.05, 3.63) is 114 Å². The summed E-state index contributed by atoms with van der Waals surface area (Å²) in [6, 6.07) is 28.9. The summed E-state index contributed by atoms with van der Waals surface area (Å²) in [6.45, 7) is 6.27. The van der Waals surface area contributed by atoms with E-state index < -0.39 is 10.0 Å². The molecule has 2 heterocycles. The molecule has 6 rings (SSSR count). The van der Waals surface area contributed by atoms with Crippen LogP contribution in [0.3, 0.4) is 0 Å². The van der Waals surface area contributed by atoms with E-state index in [1.54, 1.807) is 0 Å². The second kappa shape index (κ2) is 7.26. The lowest BCUT2D eigenvalue weighted by Gasteiger charge is -2.30. The highest BCUT2D eigenvalue weighted by Crippen LogP contribution is 2.67. The van der Waals surface area contributed by atoms with Gasteiger partial charge in [-0.2, -0.15) is 10.0 Å². The predicted molar refractivity (Wildman–Crippen MR) is 148 cm³/mol. The normalized spacial score (nSPS) is 16.2. The van der Waals surface area contributed by atoms with Crippen LogP contribution in [0.2, 0.25) is 0 Å². The summed E-state index contributed by atoms with van der Waals surface area (Å²) in [7, 11) is -1.16. The lowest BCUT2D eigenvalue weighted by Crippen LogP contribution is -1.97. The number of nitrogens with zero attached hydrogens (tertiary/aromatic N) is 1. The standard InChI is InChI=1S/C31H27NS/c1-5-12-30-23(6-2)25-18-17-21-19-27-24-15-10-11-16-28(24)32(22-13-8-7-9-14-22)29(27)20-26(21)31(25)33(30,3)4/h5-20H,2H2,1,3-4H3/b12-5-. The number of aromatic nitrogens is 1. The molecule has 0 atom stereocenters. The summed E-state index contributed by atoms with van der Waals surface area (Å²) in [5.74, 6) is 0. The zero-order chi connectivity index (χ0) is 22.7. The second-order valence-electron chi connectivity index (χ2n) is 9.03. The summed E-state index contributed by atoms with van der Waals surface area (Å²) in [5, 5.41) is 5.27. The molecule has 0 spiro atoms. The van der Waals surface area contributed by atoms with E-state index in [4.69, 9.17) is 0 Å². The van der Waals surface area contributed by atoms with Crippen molar-refractivity contribution in [2.24, 2.45) is 0 Å². The van der Waals surface area contributed by atoms with E-state index in [0.717, 1.165) is 0 Å². The zero-order valence-electron chi connectivity index (χ0n) is 19.3. The second-order valence-corrected chi connectivity index (χ2v) is 12.5. The molecule has 1 nitrogen and oxygen atoms in total. The van der Waals surface area contributed by atoms with Gasteiger partial charge in [0.25, 0.3) is 0 Å². The monoisotopic (exact) mass is 445 g/mol. The Bertz CT molecular complexity index is 1650. The Balaban J connectivity index is 1.77. The third-order valence-corrected chi connectivity index (χ3v) is 9.83. The molecular weight excluding hydrogens is 418 g/mol. The van der Waals surface area contributed by atoms with Crippen LogP contribution in [0.15, 0.2) is 113 Å². The highest BCUT2D eigenvalue weighted by Gasteiger charge is 2.33. The van der Waals surface area contributed by atoms with Gasteiger partial charge in [-0.1, -0.05) is 73.3 Å². The molecule has 0 N–H and O–H groups in total. The first-order valence-electron chi connectivity index (χ1n) is 11.3. The molecule has 162 valence electrons. The van der Waals surface area contributed by atoms with Gasteiger partial charge in [-0.15, -0.1) is 0 Å². The molecule has 0 saturated carbocycles. The number of benzene rings is 4. The molecule has 33 heavy (non-hydrogen) atoms. The van der Waals surface area contributed by atoms with E-state index in [0.29, 0.717) is 0 Å². The van der Waals surface area contributed by atoms with Gasteiger partial charge in [0, 0.05) is 26.3 Å². The molecule has 0 fully saturated rings. The lowest BCUT2D eigenvalue weighted by atomic mass is 9.99. The molecule has 0 bridgehead atoms. The minimum atomic E-state index is -1.16. The lowest BCUT2D eigenvalue weighted by molar-refractivity contribution is 1.18. The molecule has 2 heteroatoms. The number of fused-ring (bicyclic) bond motifs is 6. The summed E-state index contributed by atoms with van der Waals surface area (Å²) < 4.78 is 2.41. The third kappa shape index (κ3) is 2.74. The zero-order valence-corrected chi connectivity index (χ0v) is 20.1. The largest absolute Gasteiger partial charge is 0.309 e. The van der Waals surface area contributed by atoms with Crippen molar-refractivity contribution in [2.45, 2.75) is 11.8 Å². The van der Waals surface area contributed by atoms with Crippen molar-refractivity contribution >= 4 is 48.2 Å². The molecule has 4 aromatic carbocycles. The van der Waals surface area contributed by atoms with Gasteiger partial charge in [-0.05, 0) is 71.7 Å². The molecule has 0 radical (unpaired) electrons. The van der Waals surface area contributed by atoms with E-state index in [9.17, 15) is 0 Å².